The summed E-state index contributed by atoms with van der Waals surface area (Å²) in [6.07, 6.45) is 0.671. The average molecular weight is 415 g/mol. The highest BCUT2D eigenvalue weighted by molar-refractivity contribution is 5.77. The van der Waals surface area contributed by atoms with Crippen LogP contribution in [0.3, 0.4) is 0 Å². The second kappa shape index (κ2) is 7.07. The number of benzene rings is 1. The van der Waals surface area contributed by atoms with Crippen LogP contribution in [0, 0.1) is 0 Å². The molecule has 3 heterocycles. The van der Waals surface area contributed by atoms with Crippen LogP contribution < -0.4 is 10.5 Å². The first-order valence-corrected chi connectivity index (χ1v) is 10.1. The van der Waals surface area contributed by atoms with Gasteiger partial charge in [0.2, 0.25) is 0 Å². The predicted molar refractivity (Wildman–Crippen MR) is 105 cm³/mol. The lowest BCUT2D eigenvalue weighted by Gasteiger charge is -2.28. The number of anilines is 1. The third-order valence-electron chi connectivity index (χ3n) is 5.68. The van der Waals surface area contributed by atoms with Crippen molar-refractivity contribution in [1.82, 2.24) is 19.5 Å². The molecule has 2 aromatic heterocycles. The first-order valence-electron chi connectivity index (χ1n) is 10.1. The summed E-state index contributed by atoms with van der Waals surface area (Å²) in [6.45, 7) is -0.721. The summed E-state index contributed by atoms with van der Waals surface area (Å²) in [5.74, 6) is 1.96. The maximum Gasteiger partial charge on any atom is 0.406 e. The minimum atomic E-state index is -4.53. The number of rotatable bonds is 4. The van der Waals surface area contributed by atoms with E-state index in [1.807, 2.05) is 4.90 Å². The van der Waals surface area contributed by atoms with E-state index in [9.17, 15) is 18.0 Å². The van der Waals surface area contributed by atoms with E-state index in [1.54, 1.807) is 30.5 Å². The summed E-state index contributed by atoms with van der Waals surface area (Å²) >= 11 is 0. The number of alkyl halides is 3. The second-order valence-electron chi connectivity index (χ2n) is 7.89. The number of fused-ring (bicyclic) bond motifs is 1. The van der Waals surface area contributed by atoms with Gasteiger partial charge in [0.25, 0.3) is 5.56 Å². The monoisotopic (exact) mass is 415 g/mol. The van der Waals surface area contributed by atoms with Crippen LogP contribution in [0.1, 0.15) is 49.3 Å². The van der Waals surface area contributed by atoms with Crippen LogP contribution in [0.15, 0.2) is 41.3 Å². The van der Waals surface area contributed by atoms with Crippen LogP contribution >= 0.6 is 0 Å². The maximum atomic E-state index is 13.3. The minimum Gasteiger partial charge on any atom is -0.346 e. The van der Waals surface area contributed by atoms with Crippen molar-refractivity contribution in [2.45, 2.75) is 50.4 Å². The summed E-state index contributed by atoms with van der Waals surface area (Å²) in [5, 5.41) is 0.188. The van der Waals surface area contributed by atoms with Crippen LogP contribution in [0.5, 0.6) is 0 Å². The van der Waals surface area contributed by atoms with E-state index in [4.69, 9.17) is 0 Å². The Hall–Kier alpha value is -2.97. The fraction of sp³-hybridized carbons (Fsp3) is 0.429. The van der Waals surface area contributed by atoms with Gasteiger partial charge in [-0.25, -0.2) is 15.0 Å². The lowest BCUT2D eigenvalue weighted by atomic mass is 10.1. The van der Waals surface area contributed by atoms with Gasteiger partial charge in [0.15, 0.2) is 0 Å². The predicted octanol–water partition coefficient (Wildman–Crippen LogP) is 3.97. The molecule has 3 aromatic rings. The van der Waals surface area contributed by atoms with Gasteiger partial charge in [-0.3, -0.25) is 9.36 Å². The number of nitrogens with zero attached hydrogens (tertiary/aromatic N) is 5. The first-order chi connectivity index (χ1) is 14.4. The number of hydrogen-bond donors (Lipinski definition) is 0. The number of para-hydroxylation sites is 1. The molecule has 1 aromatic carbocycles. The molecule has 156 valence electrons. The fourth-order valence-electron chi connectivity index (χ4n) is 4.14. The van der Waals surface area contributed by atoms with Gasteiger partial charge in [0.05, 0.1) is 16.9 Å². The summed E-state index contributed by atoms with van der Waals surface area (Å²) < 4.78 is 40.8. The second-order valence-corrected chi connectivity index (χ2v) is 7.89. The molecule has 1 aliphatic carbocycles. The molecular formula is C21H20F3N5O. The summed E-state index contributed by atoms with van der Waals surface area (Å²) in [6, 6.07) is 7.85. The largest absolute Gasteiger partial charge is 0.406 e. The van der Waals surface area contributed by atoms with Gasteiger partial charge in [-0.05, 0) is 43.9 Å². The smallest absolute Gasteiger partial charge is 0.346 e. The first kappa shape index (κ1) is 19.0. The molecule has 0 N–H and O–H groups in total. The molecule has 1 atom stereocenters. The van der Waals surface area contributed by atoms with E-state index in [0.29, 0.717) is 30.2 Å². The van der Waals surface area contributed by atoms with Crippen LogP contribution in [-0.2, 0) is 6.54 Å². The van der Waals surface area contributed by atoms with Crippen molar-refractivity contribution in [2.75, 3.05) is 11.4 Å². The van der Waals surface area contributed by atoms with Crippen molar-refractivity contribution in [3.8, 4) is 0 Å². The lowest BCUT2D eigenvalue weighted by molar-refractivity contribution is -0.141. The highest BCUT2D eigenvalue weighted by atomic mass is 19.4. The van der Waals surface area contributed by atoms with Crippen molar-refractivity contribution in [1.29, 1.82) is 0 Å². The number of hydrogen-bond acceptors (Lipinski definition) is 5. The third kappa shape index (κ3) is 3.53. The van der Waals surface area contributed by atoms with E-state index < -0.39 is 24.3 Å². The molecule has 0 bridgehead atoms. The van der Waals surface area contributed by atoms with E-state index >= 15 is 0 Å². The fourth-order valence-corrected chi connectivity index (χ4v) is 4.14. The standard InChI is InChI=1S/C21H20F3N5O/c22-21(23,24)12-29-19(26-15-5-2-1-4-14(15)20(29)30)16-6-3-11-28(16)17-9-10-25-18(27-17)13-7-8-13/h1-2,4-5,9-10,13,16H,3,6-8,11-12H2. The molecule has 2 fully saturated rings. The molecule has 9 heteroatoms. The summed E-state index contributed by atoms with van der Waals surface area (Å²) in [4.78, 5) is 28.4. The van der Waals surface area contributed by atoms with Crippen molar-refractivity contribution in [2.24, 2.45) is 0 Å². The Labute approximate surface area is 170 Å². The van der Waals surface area contributed by atoms with Crippen molar-refractivity contribution in [3.63, 3.8) is 0 Å². The Balaban J connectivity index is 1.62. The van der Waals surface area contributed by atoms with E-state index in [0.717, 1.165) is 29.7 Å². The lowest BCUT2D eigenvalue weighted by Crippen LogP contribution is -2.36. The molecular weight excluding hydrogens is 395 g/mol. The van der Waals surface area contributed by atoms with Crippen LogP contribution in [-0.4, -0.2) is 32.2 Å². The maximum absolute atomic E-state index is 13.3. The SMILES string of the molecule is O=c1c2ccccc2nc(C2CCCN2c2ccnc(C3CC3)n2)n1CC(F)(F)F. The minimum absolute atomic E-state index is 0.139. The van der Waals surface area contributed by atoms with Crippen molar-refractivity contribution in [3.05, 3.63) is 58.5 Å². The molecule has 2 aliphatic rings. The van der Waals surface area contributed by atoms with Crippen LogP contribution in [0.25, 0.3) is 10.9 Å². The number of halogens is 3. The molecule has 5 rings (SSSR count). The Morgan fingerprint density at radius 1 is 1.07 bits per heavy atom. The molecule has 30 heavy (non-hydrogen) atoms. The van der Waals surface area contributed by atoms with Gasteiger partial charge in [-0.1, -0.05) is 12.1 Å². The molecule has 1 saturated carbocycles. The Bertz CT molecular complexity index is 1160. The van der Waals surface area contributed by atoms with Crippen molar-refractivity contribution >= 4 is 16.7 Å². The Kier molecular flexibility index (Phi) is 4.48. The quantitative estimate of drug-likeness (QED) is 0.645. The van der Waals surface area contributed by atoms with Crippen molar-refractivity contribution < 1.29 is 13.2 Å². The molecule has 0 spiro atoms. The zero-order valence-corrected chi connectivity index (χ0v) is 16.1. The van der Waals surface area contributed by atoms with Gasteiger partial charge >= 0.3 is 6.18 Å². The molecule has 1 aliphatic heterocycles. The zero-order valence-electron chi connectivity index (χ0n) is 16.1. The molecule has 1 saturated heterocycles. The van der Waals surface area contributed by atoms with E-state index in [2.05, 4.69) is 15.0 Å². The molecule has 0 radical (unpaired) electrons. The zero-order chi connectivity index (χ0) is 20.9. The van der Waals surface area contributed by atoms with Gasteiger partial charge in [0.1, 0.15) is 24.0 Å². The highest BCUT2D eigenvalue weighted by Gasteiger charge is 2.36. The van der Waals surface area contributed by atoms with Crippen LogP contribution in [0.2, 0.25) is 0 Å². The van der Waals surface area contributed by atoms with Gasteiger partial charge in [0, 0.05) is 18.7 Å². The summed E-state index contributed by atoms with van der Waals surface area (Å²) in [7, 11) is 0. The molecule has 1 unspecified atom stereocenters. The Morgan fingerprint density at radius 3 is 2.63 bits per heavy atom. The van der Waals surface area contributed by atoms with Gasteiger partial charge < -0.3 is 4.90 Å². The third-order valence-corrected chi connectivity index (χ3v) is 5.68. The van der Waals surface area contributed by atoms with Crippen LogP contribution in [0.4, 0.5) is 19.0 Å². The van der Waals surface area contributed by atoms with E-state index in [-0.39, 0.29) is 11.2 Å². The molecule has 0 amide bonds. The topological polar surface area (TPSA) is 63.9 Å². The summed E-state index contributed by atoms with van der Waals surface area (Å²) in [5.41, 5.74) is -0.259. The average Bonchev–Trinajstić information content (AvgIpc) is 3.46. The van der Waals surface area contributed by atoms with Gasteiger partial charge in [-0.2, -0.15) is 13.2 Å². The molecule has 6 nitrogen and oxygen atoms in total. The number of aromatic nitrogens is 4. The van der Waals surface area contributed by atoms with E-state index in [1.165, 1.54) is 6.07 Å². The van der Waals surface area contributed by atoms with Gasteiger partial charge in [-0.15, -0.1) is 0 Å². The normalized spacial score (nSPS) is 19.6. The highest BCUT2D eigenvalue weighted by Crippen LogP contribution is 2.40. The Morgan fingerprint density at radius 2 is 1.87 bits per heavy atom.